The number of thioether (sulfide) groups is 2. The van der Waals surface area contributed by atoms with E-state index in [0.29, 0.717) is 5.92 Å². The van der Waals surface area contributed by atoms with E-state index in [2.05, 4.69) is 46.3 Å². The SMILES string of the molecule is Nc1ccc(Br)cc1SCC1CSc2ccccc21. The maximum Gasteiger partial charge on any atom is 0.0453 e. The van der Waals surface area contributed by atoms with Gasteiger partial charge in [-0.2, -0.15) is 0 Å². The highest BCUT2D eigenvalue weighted by atomic mass is 79.9. The van der Waals surface area contributed by atoms with Gasteiger partial charge >= 0.3 is 0 Å². The van der Waals surface area contributed by atoms with Crippen molar-refractivity contribution in [1.29, 1.82) is 0 Å². The van der Waals surface area contributed by atoms with Gasteiger partial charge in [-0.3, -0.25) is 0 Å². The highest BCUT2D eigenvalue weighted by Crippen LogP contribution is 2.42. The summed E-state index contributed by atoms with van der Waals surface area (Å²) in [6.07, 6.45) is 0. The Hall–Kier alpha value is -0.580. The van der Waals surface area contributed by atoms with Crippen LogP contribution in [0.1, 0.15) is 11.5 Å². The van der Waals surface area contributed by atoms with E-state index in [4.69, 9.17) is 5.73 Å². The third kappa shape index (κ3) is 2.96. The quantitative estimate of drug-likeness (QED) is 0.621. The fourth-order valence-corrected chi connectivity index (χ4v) is 5.23. The van der Waals surface area contributed by atoms with Crippen molar-refractivity contribution >= 4 is 45.1 Å². The molecule has 1 aliphatic rings. The van der Waals surface area contributed by atoms with Crippen molar-refractivity contribution in [2.45, 2.75) is 15.7 Å². The lowest BCUT2D eigenvalue weighted by molar-refractivity contribution is 0.896. The van der Waals surface area contributed by atoms with Crippen LogP contribution in [0.4, 0.5) is 5.69 Å². The van der Waals surface area contributed by atoms with E-state index in [0.717, 1.165) is 15.9 Å². The van der Waals surface area contributed by atoms with E-state index in [1.165, 1.54) is 21.1 Å². The van der Waals surface area contributed by atoms with E-state index in [-0.39, 0.29) is 0 Å². The summed E-state index contributed by atoms with van der Waals surface area (Å²) >= 11 is 7.32. The molecule has 3 rings (SSSR count). The Bertz CT molecular complexity index is 600. The molecular weight excluding hydrogens is 338 g/mol. The normalized spacial score (nSPS) is 17.4. The summed E-state index contributed by atoms with van der Waals surface area (Å²) in [6.45, 7) is 0. The average molecular weight is 352 g/mol. The number of rotatable bonds is 3. The molecule has 1 unspecified atom stereocenters. The largest absolute Gasteiger partial charge is 0.398 e. The maximum absolute atomic E-state index is 6.02. The van der Waals surface area contributed by atoms with Crippen LogP contribution in [0.3, 0.4) is 0 Å². The number of nitrogen functional groups attached to an aromatic ring is 1. The van der Waals surface area contributed by atoms with Gasteiger partial charge in [0.2, 0.25) is 0 Å². The first kappa shape index (κ1) is 13.4. The molecule has 0 radical (unpaired) electrons. The van der Waals surface area contributed by atoms with E-state index < -0.39 is 0 Å². The van der Waals surface area contributed by atoms with Crippen molar-refractivity contribution in [1.82, 2.24) is 0 Å². The molecule has 19 heavy (non-hydrogen) atoms. The van der Waals surface area contributed by atoms with Crippen LogP contribution in [-0.4, -0.2) is 11.5 Å². The fraction of sp³-hybridized carbons (Fsp3) is 0.200. The Labute approximate surface area is 130 Å². The zero-order valence-electron chi connectivity index (χ0n) is 10.3. The second kappa shape index (κ2) is 5.81. The number of hydrogen-bond acceptors (Lipinski definition) is 3. The molecule has 0 fully saturated rings. The van der Waals surface area contributed by atoms with Crippen molar-refractivity contribution < 1.29 is 0 Å². The van der Waals surface area contributed by atoms with Gasteiger partial charge in [-0.25, -0.2) is 0 Å². The molecule has 98 valence electrons. The van der Waals surface area contributed by atoms with Gasteiger partial charge < -0.3 is 5.73 Å². The Morgan fingerprint density at radius 1 is 1.26 bits per heavy atom. The first-order chi connectivity index (χ1) is 9.24. The van der Waals surface area contributed by atoms with Crippen LogP contribution in [0.15, 0.2) is 56.7 Å². The topological polar surface area (TPSA) is 26.0 Å². The van der Waals surface area contributed by atoms with Crippen molar-refractivity contribution in [2.75, 3.05) is 17.2 Å². The lowest BCUT2D eigenvalue weighted by atomic mass is 10.0. The Morgan fingerprint density at radius 3 is 3.00 bits per heavy atom. The van der Waals surface area contributed by atoms with E-state index in [1.807, 2.05) is 35.7 Å². The molecular formula is C15H14BrNS2. The predicted molar refractivity (Wildman–Crippen MR) is 89.2 cm³/mol. The highest BCUT2D eigenvalue weighted by Gasteiger charge is 2.22. The summed E-state index contributed by atoms with van der Waals surface area (Å²) in [4.78, 5) is 2.61. The van der Waals surface area contributed by atoms with Crippen LogP contribution in [0.25, 0.3) is 0 Å². The molecule has 2 aromatic carbocycles. The Balaban J connectivity index is 1.72. The number of hydrogen-bond donors (Lipinski definition) is 1. The molecule has 0 aromatic heterocycles. The van der Waals surface area contributed by atoms with Crippen molar-refractivity contribution in [3.63, 3.8) is 0 Å². The summed E-state index contributed by atoms with van der Waals surface area (Å²) in [6, 6.07) is 14.8. The minimum Gasteiger partial charge on any atom is -0.398 e. The molecule has 1 nitrogen and oxygen atoms in total. The van der Waals surface area contributed by atoms with E-state index in [1.54, 1.807) is 0 Å². The molecule has 2 N–H and O–H groups in total. The zero-order valence-corrected chi connectivity index (χ0v) is 13.5. The molecule has 0 amide bonds. The third-order valence-electron chi connectivity index (χ3n) is 3.21. The van der Waals surface area contributed by atoms with Gasteiger partial charge in [0.05, 0.1) is 0 Å². The van der Waals surface area contributed by atoms with E-state index >= 15 is 0 Å². The summed E-state index contributed by atoms with van der Waals surface area (Å²) in [7, 11) is 0. The van der Waals surface area contributed by atoms with Gasteiger partial charge in [0.25, 0.3) is 0 Å². The van der Waals surface area contributed by atoms with Gasteiger partial charge in [0.1, 0.15) is 0 Å². The molecule has 1 aliphatic heterocycles. The fourth-order valence-electron chi connectivity index (χ4n) is 2.19. The van der Waals surface area contributed by atoms with Crippen molar-refractivity contribution in [2.24, 2.45) is 0 Å². The Morgan fingerprint density at radius 2 is 2.11 bits per heavy atom. The minimum absolute atomic E-state index is 0.629. The molecule has 4 heteroatoms. The molecule has 0 saturated heterocycles. The van der Waals surface area contributed by atoms with E-state index in [9.17, 15) is 0 Å². The standard InChI is InChI=1S/C15H14BrNS2/c16-11-5-6-13(17)15(7-11)19-9-10-8-18-14-4-2-1-3-12(10)14/h1-7,10H,8-9,17H2. The van der Waals surface area contributed by atoms with Crippen molar-refractivity contribution in [3.05, 3.63) is 52.5 Å². The number of anilines is 1. The first-order valence-corrected chi connectivity index (χ1v) is 8.90. The molecule has 1 atom stereocenters. The van der Waals surface area contributed by atoms with Gasteiger partial charge in [-0.15, -0.1) is 23.5 Å². The van der Waals surface area contributed by atoms with Crippen LogP contribution in [0.2, 0.25) is 0 Å². The van der Waals surface area contributed by atoms with Gasteiger partial charge in [0.15, 0.2) is 0 Å². The van der Waals surface area contributed by atoms with Crippen LogP contribution >= 0.6 is 39.5 Å². The number of fused-ring (bicyclic) bond motifs is 1. The summed E-state index contributed by atoms with van der Waals surface area (Å²) in [5, 5.41) is 0. The average Bonchev–Trinajstić information content (AvgIpc) is 2.83. The van der Waals surface area contributed by atoms with Crippen LogP contribution in [0, 0.1) is 0 Å². The van der Waals surface area contributed by atoms with Gasteiger partial charge in [-0.1, -0.05) is 34.1 Å². The Kier molecular flexibility index (Phi) is 4.10. The molecule has 0 saturated carbocycles. The van der Waals surface area contributed by atoms with Crippen LogP contribution in [-0.2, 0) is 0 Å². The molecule has 0 bridgehead atoms. The highest BCUT2D eigenvalue weighted by molar-refractivity contribution is 9.10. The van der Waals surface area contributed by atoms with Gasteiger partial charge in [0, 0.05) is 37.4 Å². The first-order valence-electron chi connectivity index (χ1n) is 6.13. The lowest BCUT2D eigenvalue weighted by Crippen LogP contribution is -2.00. The second-order valence-electron chi connectivity index (χ2n) is 4.54. The smallest absolute Gasteiger partial charge is 0.0453 e. The predicted octanol–water partition coefficient (Wildman–Crippen LogP) is 5.01. The van der Waals surface area contributed by atoms with Crippen molar-refractivity contribution in [3.8, 4) is 0 Å². The molecule has 1 heterocycles. The zero-order chi connectivity index (χ0) is 13.2. The van der Waals surface area contributed by atoms with Gasteiger partial charge in [-0.05, 0) is 29.8 Å². The lowest BCUT2D eigenvalue weighted by Gasteiger charge is -2.11. The molecule has 0 aliphatic carbocycles. The molecule has 0 spiro atoms. The molecule has 2 aromatic rings. The number of nitrogens with two attached hydrogens (primary N) is 1. The summed E-state index contributed by atoms with van der Waals surface area (Å²) in [5.74, 6) is 2.90. The third-order valence-corrected chi connectivity index (χ3v) is 6.19. The van der Waals surface area contributed by atoms with Crippen LogP contribution < -0.4 is 5.73 Å². The number of benzene rings is 2. The number of halogens is 1. The maximum atomic E-state index is 6.02. The summed E-state index contributed by atoms with van der Waals surface area (Å²) in [5.41, 5.74) is 8.38. The second-order valence-corrected chi connectivity index (χ2v) is 7.58. The monoisotopic (exact) mass is 351 g/mol. The summed E-state index contributed by atoms with van der Waals surface area (Å²) < 4.78 is 1.09. The minimum atomic E-state index is 0.629. The van der Waals surface area contributed by atoms with Crippen LogP contribution in [0.5, 0.6) is 0 Å².